The van der Waals surface area contributed by atoms with Crippen molar-refractivity contribution in [2.75, 3.05) is 7.11 Å². The third-order valence-corrected chi connectivity index (χ3v) is 1.62. The average Bonchev–Trinajstić information content (AvgIpc) is 1.95. The van der Waals surface area contributed by atoms with Gasteiger partial charge in [0.1, 0.15) is 5.75 Å². The summed E-state index contributed by atoms with van der Waals surface area (Å²) in [5, 5.41) is 0.667. The molecule has 0 aliphatic carbocycles. The molecule has 1 aromatic carbocycles. The van der Waals surface area contributed by atoms with E-state index in [0.29, 0.717) is 5.02 Å². The summed E-state index contributed by atoms with van der Waals surface area (Å²) in [5.74, 6) is 0.786. The molecule has 0 unspecified atom stereocenters. The van der Waals surface area contributed by atoms with E-state index in [2.05, 4.69) is 6.92 Å². The lowest BCUT2D eigenvalue weighted by molar-refractivity contribution is 0.414. The maximum absolute atomic E-state index is 5.72. The smallest absolute Gasteiger partial charge is 0.119 e. The van der Waals surface area contributed by atoms with E-state index < -0.39 is 0 Å². The molecule has 0 aromatic heterocycles. The fraction of sp³-hybridized carbons (Fsp3) is 0.125. The van der Waals surface area contributed by atoms with Crippen LogP contribution in [0, 0.1) is 6.92 Å². The summed E-state index contributed by atoms with van der Waals surface area (Å²) in [4.78, 5) is 0. The van der Waals surface area contributed by atoms with Gasteiger partial charge in [-0.1, -0.05) is 11.6 Å². The molecular formula is C8H8ClO. The second-order valence-electron chi connectivity index (χ2n) is 1.96. The number of rotatable bonds is 1. The highest BCUT2D eigenvalue weighted by atomic mass is 35.5. The summed E-state index contributed by atoms with van der Waals surface area (Å²) in [5.41, 5.74) is 0.793. The van der Waals surface area contributed by atoms with Gasteiger partial charge in [0.2, 0.25) is 0 Å². The molecule has 10 heavy (non-hydrogen) atoms. The third-order valence-electron chi connectivity index (χ3n) is 1.25. The lowest BCUT2D eigenvalue weighted by Gasteiger charge is -2.00. The number of hydrogen-bond donors (Lipinski definition) is 0. The van der Waals surface area contributed by atoms with Crippen LogP contribution in [0.5, 0.6) is 5.75 Å². The van der Waals surface area contributed by atoms with E-state index in [-0.39, 0.29) is 0 Å². The molecule has 0 aliphatic rings. The summed E-state index contributed by atoms with van der Waals surface area (Å²) in [6.45, 7) is 3.72. The normalized spacial score (nSPS) is 9.50. The van der Waals surface area contributed by atoms with E-state index in [9.17, 15) is 0 Å². The van der Waals surface area contributed by atoms with E-state index in [1.807, 2.05) is 0 Å². The highest BCUT2D eigenvalue weighted by Gasteiger charge is 1.95. The first-order chi connectivity index (χ1) is 4.74. The Balaban J connectivity index is 3.04. The second-order valence-corrected chi connectivity index (χ2v) is 2.36. The molecule has 0 amide bonds. The Hall–Kier alpha value is -0.690. The first-order valence-corrected chi connectivity index (χ1v) is 3.27. The van der Waals surface area contributed by atoms with Gasteiger partial charge >= 0.3 is 0 Å². The Bertz CT molecular complexity index is 233. The minimum absolute atomic E-state index is 0.667. The van der Waals surface area contributed by atoms with E-state index in [4.69, 9.17) is 16.3 Å². The Kier molecular flexibility index (Phi) is 2.17. The first-order valence-electron chi connectivity index (χ1n) is 2.89. The molecule has 0 heterocycles. The highest BCUT2D eigenvalue weighted by molar-refractivity contribution is 6.31. The lowest BCUT2D eigenvalue weighted by Crippen LogP contribution is -1.82. The van der Waals surface area contributed by atoms with Crippen LogP contribution in [0.3, 0.4) is 0 Å². The molecule has 0 aliphatic heterocycles. The summed E-state index contributed by atoms with van der Waals surface area (Å²) < 4.78 is 4.95. The van der Waals surface area contributed by atoms with Gasteiger partial charge in [-0.15, -0.1) is 0 Å². The molecular weight excluding hydrogens is 148 g/mol. The van der Waals surface area contributed by atoms with Crippen LogP contribution < -0.4 is 4.74 Å². The van der Waals surface area contributed by atoms with Crippen molar-refractivity contribution in [3.8, 4) is 5.75 Å². The van der Waals surface area contributed by atoms with Crippen molar-refractivity contribution in [1.82, 2.24) is 0 Å². The van der Waals surface area contributed by atoms with Crippen LogP contribution in [0.4, 0.5) is 0 Å². The fourth-order valence-electron chi connectivity index (χ4n) is 0.678. The largest absolute Gasteiger partial charge is 0.497 e. The molecule has 1 rings (SSSR count). The second kappa shape index (κ2) is 2.93. The minimum atomic E-state index is 0.667. The number of benzene rings is 1. The highest BCUT2D eigenvalue weighted by Crippen LogP contribution is 2.20. The third kappa shape index (κ3) is 1.42. The zero-order valence-corrected chi connectivity index (χ0v) is 6.48. The topological polar surface area (TPSA) is 9.23 Å². The predicted octanol–water partition coefficient (Wildman–Crippen LogP) is 2.53. The molecule has 53 valence electrons. The van der Waals surface area contributed by atoms with E-state index in [0.717, 1.165) is 11.3 Å². The van der Waals surface area contributed by atoms with Crippen molar-refractivity contribution in [2.24, 2.45) is 0 Å². The monoisotopic (exact) mass is 155 g/mol. The molecule has 0 N–H and O–H groups in total. The van der Waals surface area contributed by atoms with Crippen LogP contribution in [-0.2, 0) is 0 Å². The number of ether oxygens (including phenoxy) is 1. The van der Waals surface area contributed by atoms with Crippen molar-refractivity contribution in [3.05, 3.63) is 35.7 Å². The minimum Gasteiger partial charge on any atom is -0.497 e. The standard InChI is InChI=1S/C8H8ClO/c1-6-5-7(10-2)3-4-8(6)9/h3-5H,1H2,2H3. The molecule has 2 heteroatoms. The van der Waals surface area contributed by atoms with Gasteiger partial charge in [-0.05, 0) is 30.7 Å². The van der Waals surface area contributed by atoms with Gasteiger partial charge in [-0.3, -0.25) is 0 Å². The molecule has 0 fully saturated rings. The van der Waals surface area contributed by atoms with Crippen LogP contribution in [0.25, 0.3) is 0 Å². The van der Waals surface area contributed by atoms with Crippen LogP contribution in [0.15, 0.2) is 18.2 Å². The van der Waals surface area contributed by atoms with Crippen LogP contribution >= 0.6 is 11.6 Å². The molecule has 0 saturated carbocycles. The zero-order chi connectivity index (χ0) is 7.56. The summed E-state index contributed by atoms with van der Waals surface area (Å²) in [6.07, 6.45) is 0. The maximum Gasteiger partial charge on any atom is 0.119 e. The van der Waals surface area contributed by atoms with Crippen molar-refractivity contribution in [1.29, 1.82) is 0 Å². The Morgan fingerprint density at radius 1 is 1.50 bits per heavy atom. The SMILES string of the molecule is [CH2]c1cc(OC)ccc1Cl. The maximum atomic E-state index is 5.72. The van der Waals surface area contributed by atoms with Crippen LogP contribution in [-0.4, -0.2) is 7.11 Å². The average molecular weight is 156 g/mol. The molecule has 0 bridgehead atoms. The molecule has 0 atom stereocenters. The molecule has 1 aromatic rings. The fourth-order valence-corrected chi connectivity index (χ4v) is 0.796. The Labute approximate surface area is 65.6 Å². The van der Waals surface area contributed by atoms with Gasteiger partial charge in [0.25, 0.3) is 0 Å². The number of hydrogen-bond acceptors (Lipinski definition) is 1. The van der Waals surface area contributed by atoms with Crippen molar-refractivity contribution in [2.45, 2.75) is 0 Å². The molecule has 1 radical (unpaired) electrons. The van der Waals surface area contributed by atoms with Gasteiger partial charge < -0.3 is 4.74 Å². The zero-order valence-electron chi connectivity index (χ0n) is 5.73. The predicted molar refractivity (Wildman–Crippen MR) is 42.5 cm³/mol. The van der Waals surface area contributed by atoms with Crippen LogP contribution in [0.1, 0.15) is 5.56 Å². The van der Waals surface area contributed by atoms with Gasteiger partial charge in [0.05, 0.1) is 7.11 Å². The Morgan fingerprint density at radius 2 is 2.20 bits per heavy atom. The van der Waals surface area contributed by atoms with Crippen molar-refractivity contribution in [3.63, 3.8) is 0 Å². The van der Waals surface area contributed by atoms with Gasteiger partial charge in [0.15, 0.2) is 0 Å². The summed E-state index contributed by atoms with van der Waals surface area (Å²) in [6, 6.07) is 5.36. The lowest BCUT2D eigenvalue weighted by atomic mass is 10.2. The quantitative estimate of drug-likeness (QED) is 0.606. The summed E-state index contributed by atoms with van der Waals surface area (Å²) >= 11 is 5.72. The first kappa shape index (κ1) is 7.42. The Morgan fingerprint density at radius 3 is 2.70 bits per heavy atom. The molecule has 0 saturated heterocycles. The molecule has 0 spiro atoms. The van der Waals surface area contributed by atoms with Gasteiger partial charge in [-0.25, -0.2) is 0 Å². The summed E-state index contributed by atoms with van der Waals surface area (Å²) in [7, 11) is 1.61. The van der Waals surface area contributed by atoms with Gasteiger partial charge in [0, 0.05) is 5.02 Å². The van der Waals surface area contributed by atoms with Crippen LogP contribution in [0.2, 0.25) is 5.02 Å². The molecule has 1 nitrogen and oxygen atoms in total. The van der Waals surface area contributed by atoms with Crippen molar-refractivity contribution < 1.29 is 4.74 Å². The number of methoxy groups -OCH3 is 1. The number of halogens is 1. The van der Waals surface area contributed by atoms with E-state index in [1.54, 1.807) is 25.3 Å². The van der Waals surface area contributed by atoms with Gasteiger partial charge in [-0.2, -0.15) is 0 Å². The van der Waals surface area contributed by atoms with E-state index >= 15 is 0 Å². The van der Waals surface area contributed by atoms with Crippen molar-refractivity contribution >= 4 is 11.6 Å². The van der Waals surface area contributed by atoms with E-state index in [1.165, 1.54) is 0 Å².